The number of aliphatic carboxylic acids is 1. The van der Waals surface area contributed by atoms with E-state index in [0.29, 0.717) is 5.56 Å². The standard InChI is InChI=1S/C12H13NO4/c14-10-4-1-7(6-11(15)16)5-9(10)13-12(17)8-2-3-8/h1,4-5,8,14H,2-3,6H2,(H,13,17)(H,15,16). The molecule has 0 aliphatic heterocycles. The number of carboxylic acids is 1. The molecule has 1 fully saturated rings. The van der Waals surface area contributed by atoms with Crippen LogP contribution in [0.5, 0.6) is 5.75 Å². The minimum Gasteiger partial charge on any atom is -0.506 e. The van der Waals surface area contributed by atoms with Gasteiger partial charge in [0.25, 0.3) is 0 Å². The van der Waals surface area contributed by atoms with Gasteiger partial charge in [-0.25, -0.2) is 0 Å². The first kappa shape index (κ1) is 11.4. The van der Waals surface area contributed by atoms with Gasteiger partial charge in [-0.1, -0.05) is 6.07 Å². The van der Waals surface area contributed by atoms with Crippen molar-refractivity contribution in [2.24, 2.45) is 5.92 Å². The van der Waals surface area contributed by atoms with Gasteiger partial charge in [0.1, 0.15) is 5.75 Å². The van der Waals surface area contributed by atoms with E-state index in [1.54, 1.807) is 0 Å². The van der Waals surface area contributed by atoms with E-state index in [1.807, 2.05) is 0 Å². The SMILES string of the molecule is O=C(O)Cc1ccc(O)c(NC(=O)C2CC2)c1. The van der Waals surface area contributed by atoms with Crippen molar-refractivity contribution in [3.63, 3.8) is 0 Å². The van der Waals surface area contributed by atoms with Gasteiger partial charge in [0, 0.05) is 5.92 Å². The zero-order chi connectivity index (χ0) is 12.4. The van der Waals surface area contributed by atoms with Crippen LogP contribution in [-0.2, 0) is 16.0 Å². The maximum absolute atomic E-state index is 11.5. The number of carbonyl (C=O) groups is 2. The highest BCUT2D eigenvalue weighted by atomic mass is 16.4. The second-order valence-electron chi connectivity index (χ2n) is 4.19. The van der Waals surface area contributed by atoms with Gasteiger partial charge in [-0.2, -0.15) is 0 Å². The lowest BCUT2D eigenvalue weighted by atomic mass is 10.1. The van der Waals surface area contributed by atoms with Crippen molar-refractivity contribution in [2.45, 2.75) is 19.3 Å². The van der Waals surface area contributed by atoms with Crippen LogP contribution >= 0.6 is 0 Å². The molecule has 0 aromatic heterocycles. The van der Waals surface area contributed by atoms with Gasteiger partial charge in [0.05, 0.1) is 12.1 Å². The molecule has 0 spiro atoms. The van der Waals surface area contributed by atoms with Crippen LogP contribution < -0.4 is 5.32 Å². The van der Waals surface area contributed by atoms with Crippen LogP contribution in [0.4, 0.5) is 5.69 Å². The summed E-state index contributed by atoms with van der Waals surface area (Å²) in [7, 11) is 0. The van der Waals surface area contributed by atoms with E-state index in [4.69, 9.17) is 5.11 Å². The molecule has 1 aromatic rings. The Labute approximate surface area is 98.1 Å². The van der Waals surface area contributed by atoms with E-state index in [-0.39, 0.29) is 29.7 Å². The van der Waals surface area contributed by atoms with Crippen LogP contribution in [0.2, 0.25) is 0 Å². The highest BCUT2D eigenvalue weighted by Gasteiger charge is 2.30. The number of carboxylic acid groups (broad SMARTS) is 1. The average Bonchev–Trinajstić information content (AvgIpc) is 3.05. The molecule has 17 heavy (non-hydrogen) atoms. The topological polar surface area (TPSA) is 86.6 Å². The maximum atomic E-state index is 11.5. The van der Waals surface area contributed by atoms with Crippen molar-refractivity contribution in [3.05, 3.63) is 23.8 Å². The Bertz CT molecular complexity index is 466. The number of nitrogens with one attached hydrogen (secondary N) is 1. The summed E-state index contributed by atoms with van der Waals surface area (Å²) in [5, 5.41) is 20.8. The molecule has 2 rings (SSSR count). The molecule has 0 saturated heterocycles. The van der Waals surface area contributed by atoms with E-state index in [0.717, 1.165) is 12.8 Å². The molecule has 1 aromatic carbocycles. The number of carbonyl (C=O) groups excluding carboxylic acids is 1. The Morgan fingerprint density at radius 2 is 2.06 bits per heavy atom. The highest BCUT2D eigenvalue weighted by molar-refractivity contribution is 5.95. The third kappa shape index (κ3) is 2.96. The Balaban J connectivity index is 2.13. The first-order valence-corrected chi connectivity index (χ1v) is 5.41. The molecule has 0 bridgehead atoms. The number of aromatic hydroxyl groups is 1. The van der Waals surface area contributed by atoms with E-state index in [2.05, 4.69) is 5.32 Å². The molecular weight excluding hydrogens is 222 g/mol. The van der Waals surface area contributed by atoms with E-state index < -0.39 is 5.97 Å². The maximum Gasteiger partial charge on any atom is 0.307 e. The van der Waals surface area contributed by atoms with Crippen LogP contribution in [0.25, 0.3) is 0 Å². The van der Waals surface area contributed by atoms with Crippen molar-refractivity contribution in [1.82, 2.24) is 0 Å². The number of phenolic OH excluding ortho intramolecular Hbond substituents is 1. The van der Waals surface area contributed by atoms with E-state index in [9.17, 15) is 14.7 Å². The van der Waals surface area contributed by atoms with Crippen molar-refractivity contribution < 1.29 is 19.8 Å². The Morgan fingerprint density at radius 3 is 2.65 bits per heavy atom. The number of anilines is 1. The normalized spacial score (nSPS) is 14.4. The number of amides is 1. The third-order valence-corrected chi connectivity index (χ3v) is 2.62. The molecule has 3 N–H and O–H groups in total. The minimum atomic E-state index is -0.949. The molecule has 0 atom stereocenters. The first-order valence-electron chi connectivity index (χ1n) is 5.41. The zero-order valence-electron chi connectivity index (χ0n) is 9.14. The smallest absolute Gasteiger partial charge is 0.307 e. The second kappa shape index (κ2) is 4.45. The summed E-state index contributed by atoms with van der Waals surface area (Å²) in [4.78, 5) is 22.1. The first-order chi connectivity index (χ1) is 8.06. The highest BCUT2D eigenvalue weighted by Crippen LogP contribution is 2.32. The zero-order valence-corrected chi connectivity index (χ0v) is 9.14. The van der Waals surface area contributed by atoms with Gasteiger partial charge in [0.15, 0.2) is 0 Å². The monoisotopic (exact) mass is 235 g/mol. The average molecular weight is 235 g/mol. The summed E-state index contributed by atoms with van der Waals surface area (Å²) in [6.45, 7) is 0. The van der Waals surface area contributed by atoms with Gasteiger partial charge >= 0.3 is 5.97 Å². The number of benzene rings is 1. The third-order valence-electron chi connectivity index (χ3n) is 2.62. The van der Waals surface area contributed by atoms with Gasteiger partial charge in [0.2, 0.25) is 5.91 Å². The van der Waals surface area contributed by atoms with E-state index >= 15 is 0 Å². The summed E-state index contributed by atoms with van der Waals surface area (Å²) in [6.07, 6.45) is 1.62. The van der Waals surface area contributed by atoms with Crippen molar-refractivity contribution >= 4 is 17.6 Å². The number of rotatable bonds is 4. The Kier molecular flexibility index (Phi) is 2.99. The van der Waals surface area contributed by atoms with Crippen LogP contribution in [0.3, 0.4) is 0 Å². The van der Waals surface area contributed by atoms with Crippen LogP contribution in [0, 0.1) is 5.92 Å². The van der Waals surface area contributed by atoms with Crippen molar-refractivity contribution in [3.8, 4) is 5.75 Å². The molecule has 0 unspecified atom stereocenters. The molecule has 0 radical (unpaired) electrons. The molecule has 0 heterocycles. The number of hydrogen-bond donors (Lipinski definition) is 3. The minimum absolute atomic E-state index is 0.0394. The summed E-state index contributed by atoms with van der Waals surface area (Å²) in [5.41, 5.74) is 0.821. The molecule has 5 nitrogen and oxygen atoms in total. The molecule has 1 saturated carbocycles. The Morgan fingerprint density at radius 1 is 1.35 bits per heavy atom. The lowest BCUT2D eigenvalue weighted by Crippen LogP contribution is -2.13. The van der Waals surface area contributed by atoms with Crippen LogP contribution in [0.1, 0.15) is 18.4 Å². The Hall–Kier alpha value is -2.04. The molecular formula is C12H13NO4. The fourth-order valence-corrected chi connectivity index (χ4v) is 1.55. The quantitative estimate of drug-likeness (QED) is 0.688. The van der Waals surface area contributed by atoms with Gasteiger partial charge in [-0.05, 0) is 30.5 Å². The molecule has 1 aliphatic carbocycles. The lowest BCUT2D eigenvalue weighted by molar-refractivity contribution is -0.136. The van der Waals surface area contributed by atoms with Crippen molar-refractivity contribution in [1.29, 1.82) is 0 Å². The van der Waals surface area contributed by atoms with E-state index in [1.165, 1.54) is 18.2 Å². The molecule has 1 aliphatic rings. The predicted octanol–water partition coefficient (Wildman–Crippen LogP) is 1.37. The van der Waals surface area contributed by atoms with Crippen molar-refractivity contribution in [2.75, 3.05) is 5.32 Å². The number of phenols is 1. The van der Waals surface area contributed by atoms with Gasteiger partial charge in [-0.15, -0.1) is 0 Å². The fraction of sp³-hybridized carbons (Fsp3) is 0.333. The molecule has 1 amide bonds. The predicted molar refractivity (Wildman–Crippen MR) is 60.8 cm³/mol. The molecule has 5 heteroatoms. The molecule has 90 valence electrons. The lowest BCUT2D eigenvalue weighted by Gasteiger charge is -2.08. The second-order valence-corrected chi connectivity index (χ2v) is 4.19. The summed E-state index contributed by atoms with van der Waals surface area (Å²) in [5.74, 6) is -1.08. The fourth-order valence-electron chi connectivity index (χ4n) is 1.55. The van der Waals surface area contributed by atoms with Gasteiger partial charge < -0.3 is 15.5 Å². The summed E-state index contributed by atoms with van der Waals surface area (Å²) >= 11 is 0. The summed E-state index contributed by atoms with van der Waals surface area (Å²) in [6, 6.07) is 4.40. The van der Waals surface area contributed by atoms with Gasteiger partial charge in [-0.3, -0.25) is 9.59 Å². The number of hydrogen-bond acceptors (Lipinski definition) is 3. The largest absolute Gasteiger partial charge is 0.506 e. The van der Waals surface area contributed by atoms with Crippen LogP contribution in [-0.4, -0.2) is 22.1 Å². The summed E-state index contributed by atoms with van der Waals surface area (Å²) < 4.78 is 0. The van der Waals surface area contributed by atoms with Crippen LogP contribution in [0.15, 0.2) is 18.2 Å².